The number of carbonyl (C=O) groups is 1. The fraction of sp³-hybridized carbons (Fsp3) is 0.350. The Hall–Kier alpha value is -2.30. The van der Waals surface area contributed by atoms with E-state index in [0.717, 1.165) is 25.7 Å². The Bertz CT molecular complexity index is 674. The van der Waals surface area contributed by atoms with Crippen LogP contribution in [0.5, 0.6) is 11.5 Å². The number of unbranched alkanes of at least 4 members (excludes halogenated alkanes) is 4. The van der Waals surface area contributed by atoms with Crippen molar-refractivity contribution in [2.45, 2.75) is 45.4 Å². The van der Waals surface area contributed by atoms with Gasteiger partial charge in [-0.15, -0.1) is 0 Å². The lowest BCUT2D eigenvalue weighted by Gasteiger charge is -2.17. The predicted octanol–water partition coefficient (Wildman–Crippen LogP) is 6.09. The molecular formula is C20H25O6P. The van der Waals surface area contributed by atoms with Crippen LogP contribution in [0.3, 0.4) is 0 Å². The molecule has 2 rings (SSSR count). The Balaban J connectivity index is 1.93. The first-order chi connectivity index (χ1) is 13.1. The fourth-order valence-corrected chi connectivity index (χ4v) is 3.30. The summed E-state index contributed by atoms with van der Waals surface area (Å²) in [6, 6.07) is 16.8. The molecule has 0 bridgehead atoms. The fourth-order valence-electron chi connectivity index (χ4n) is 2.27. The molecule has 0 fully saturated rings. The zero-order valence-corrected chi connectivity index (χ0v) is 16.3. The average Bonchev–Trinajstić information content (AvgIpc) is 2.68. The van der Waals surface area contributed by atoms with Gasteiger partial charge in [0.1, 0.15) is 11.5 Å². The van der Waals surface area contributed by atoms with Gasteiger partial charge < -0.3 is 9.05 Å². The van der Waals surface area contributed by atoms with Crippen molar-refractivity contribution in [1.29, 1.82) is 0 Å². The number of hydrogen-bond donors (Lipinski definition) is 0. The van der Waals surface area contributed by atoms with Crippen LogP contribution in [0.25, 0.3) is 0 Å². The number of benzene rings is 2. The molecule has 0 saturated carbocycles. The van der Waals surface area contributed by atoms with Gasteiger partial charge in [-0.3, -0.25) is 4.89 Å². The highest BCUT2D eigenvalue weighted by Crippen LogP contribution is 2.49. The Morgan fingerprint density at radius 3 is 1.85 bits per heavy atom. The molecule has 0 saturated heterocycles. The molecule has 27 heavy (non-hydrogen) atoms. The van der Waals surface area contributed by atoms with E-state index in [2.05, 4.69) is 6.92 Å². The van der Waals surface area contributed by atoms with Crippen molar-refractivity contribution in [3.05, 3.63) is 60.7 Å². The molecule has 0 amide bonds. The quantitative estimate of drug-likeness (QED) is 0.188. The number of carbonyl (C=O) groups excluding carboxylic acids is 1. The van der Waals surface area contributed by atoms with Crippen LogP contribution in [0.4, 0.5) is 0 Å². The summed E-state index contributed by atoms with van der Waals surface area (Å²) in [5.41, 5.74) is 0. The Labute approximate surface area is 160 Å². The summed E-state index contributed by atoms with van der Waals surface area (Å²) < 4.78 is 28.5. The smallest absolute Gasteiger partial charge is 0.393 e. The summed E-state index contributed by atoms with van der Waals surface area (Å²) in [6.07, 6.45) is 5.13. The van der Waals surface area contributed by atoms with Crippen LogP contribution in [-0.2, 0) is 18.9 Å². The normalized spacial score (nSPS) is 11.0. The van der Waals surface area contributed by atoms with Gasteiger partial charge in [-0.25, -0.2) is 9.36 Å². The van der Waals surface area contributed by atoms with Crippen molar-refractivity contribution in [1.82, 2.24) is 0 Å². The summed E-state index contributed by atoms with van der Waals surface area (Å²) in [4.78, 5) is 16.6. The molecule has 0 aromatic heterocycles. The van der Waals surface area contributed by atoms with Crippen LogP contribution in [-0.4, -0.2) is 5.97 Å². The third-order valence-corrected chi connectivity index (χ3v) is 4.75. The average molecular weight is 392 g/mol. The maximum Gasteiger partial charge on any atom is 0.625 e. The second-order valence-corrected chi connectivity index (χ2v) is 7.36. The van der Waals surface area contributed by atoms with Crippen molar-refractivity contribution in [3.63, 3.8) is 0 Å². The van der Waals surface area contributed by atoms with Crippen LogP contribution < -0.4 is 9.05 Å². The van der Waals surface area contributed by atoms with Gasteiger partial charge in [-0.2, -0.15) is 0 Å². The summed E-state index contributed by atoms with van der Waals surface area (Å²) in [6.45, 7) is 2.12. The zero-order valence-electron chi connectivity index (χ0n) is 15.4. The van der Waals surface area contributed by atoms with Crippen molar-refractivity contribution >= 4 is 13.8 Å². The molecule has 7 heteroatoms. The SMILES string of the molecule is CCCCCCCC(=O)OOP(=O)(Oc1ccccc1)Oc1ccccc1. The molecule has 0 aliphatic carbocycles. The van der Waals surface area contributed by atoms with Gasteiger partial charge in [0.2, 0.25) is 0 Å². The molecule has 0 spiro atoms. The minimum absolute atomic E-state index is 0.181. The van der Waals surface area contributed by atoms with Gasteiger partial charge in [0.05, 0.1) is 0 Å². The van der Waals surface area contributed by atoms with Gasteiger partial charge in [0, 0.05) is 6.42 Å². The van der Waals surface area contributed by atoms with Crippen LogP contribution in [0, 0.1) is 0 Å². The number of rotatable bonds is 12. The van der Waals surface area contributed by atoms with Crippen LogP contribution in [0.15, 0.2) is 60.7 Å². The first-order valence-electron chi connectivity index (χ1n) is 9.10. The summed E-state index contributed by atoms with van der Waals surface area (Å²) in [5, 5.41) is 0. The van der Waals surface area contributed by atoms with Gasteiger partial charge >= 0.3 is 13.8 Å². The Kier molecular flexibility index (Phi) is 8.89. The highest BCUT2D eigenvalue weighted by atomic mass is 31.2. The number of hydrogen-bond acceptors (Lipinski definition) is 6. The van der Waals surface area contributed by atoms with E-state index in [-0.39, 0.29) is 17.9 Å². The maximum atomic E-state index is 12.9. The lowest BCUT2D eigenvalue weighted by molar-refractivity contribution is -0.221. The zero-order chi connectivity index (χ0) is 19.4. The molecule has 0 heterocycles. The molecule has 0 radical (unpaired) electrons. The number of phosphoric ester groups is 1. The Morgan fingerprint density at radius 2 is 1.33 bits per heavy atom. The molecule has 2 aromatic rings. The van der Waals surface area contributed by atoms with Gasteiger partial charge in [-0.05, 0) is 30.7 Å². The van der Waals surface area contributed by atoms with Crippen molar-refractivity contribution in [2.24, 2.45) is 0 Å². The predicted molar refractivity (Wildman–Crippen MR) is 102 cm³/mol. The standard InChI is InChI=1S/C20H25O6P/c1-2-3-4-5-12-17-20(21)23-26-27(22,24-18-13-8-6-9-14-18)25-19-15-10-7-11-16-19/h6-11,13-16H,2-5,12,17H2,1H3. The largest absolute Gasteiger partial charge is 0.625 e. The van der Waals surface area contributed by atoms with E-state index in [0.29, 0.717) is 6.42 Å². The molecule has 0 N–H and O–H groups in total. The van der Waals surface area contributed by atoms with E-state index in [4.69, 9.17) is 18.6 Å². The molecule has 6 nitrogen and oxygen atoms in total. The first kappa shape index (κ1) is 21.0. The van der Waals surface area contributed by atoms with E-state index >= 15 is 0 Å². The minimum Gasteiger partial charge on any atom is -0.393 e. The second kappa shape index (κ2) is 11.4. The number of para-hydroxylation sites is 2. The molecule has 0 aliphatic rings. The van der Waals surface area contributed by atoms with E-state index in [1.807, 2.05) is 0 Å². The lowest BCUT2D eigenvalue weighted by Crippen LogP contribution is -2.10. The third-order valence-electron chi connectivity index (χ3n) is 3.63. The van der Waals surface area contributed by atoms with E-state index in [9.17, 15) is 9.36 Å². The number of phosphoric acid groups is 1. The molecule has 146 valence electrons. The summed E-state index contributed by atoms with van der Waals surface area (Å²) >= 11 is 0. The van der Waals surface area contributed by atoms with Crippen molar-refractivity contribution < 1.29 is 28.0 Å². The van der Waals surface area contributed by atoms with Gasteiger partial charge in [0.15, 0.2) is 0 Å². The minimum atomic E-state index is -4.21. The monoisotopic (exact) mass is 392 g/mol. The van der Waals surface area contributed by atoms with Gasteiger partial charge in [0.25, 0.3) is 0 Å². The summed E-state index contributed by atoms with van der Waals surface area (Å²) in [5.74, 6) is -0.0696. The first-order valence-corrected chi connectivity index (χ1v) is 10.6. The van der Waals surface area contributed by atoms with Crippen LogP contribution in [0.1, 0.15) is 45.4 Å². The van der Waals surface area contributed by atoms with Crippen molar-refractivity contribution in [3.8, 4) is 11.5 Å². The Morgan fingerprint density at radius 1 is 0.815 bits per heavy atom. The summed E-state index contributed by atoms with van der Waals surface area (Å²) in [7, 11) is -4.21. The molecule has 0 unspecified atom stereocenters. The molecule has 2 aromatic carbocycles. The van der Waals surface area contributed by atoms with Crippen LogP contribution >= 0.6 is 7.82 Å². The van der Waals surface area contributed by atoms with E-state index < -0.39 is 13.8 Å². The molecular weight excluding hydrogens is 367 g/mol. The molecule has 0 aliphatic heterocycles. The third kappa shape index (κ3) is 8.29. The molecule has 0 atom stereocenters. The highest BCUT2D eigenvalue weighted by molar-refractivity contribution is 7.49. The highest BCUT2D eigenvalue weighted by Gasteiger charge is 2.34. The lowest BCUT2D eigenvalue weighted by atomic mass is 10.1. The van der Waals surface area contributed by atoms with Crippen LogP contribution in [0.2, 0.25) is 0 Å². The van der Waals surface area contributed by atoms with Crippen molar-refractivity contribution in [2.75, 3.05) is 0 Å². The van der Waals surface area contributed by atoms with Gasteiger partial charge in [-0.1, -0.05) is 73.7 Å². The second-order valence-electron chi connectivity index (χ2n) is 5.95. The van der Waals surface area contributed by atoms with E-state index in [1.54, 1.807) is 60.7 Å². The topological polar surface area (TPSA) is 71.1 Å². The maximum absolute atomic E-state index is 12.9. The van der Waals surface area contributed by atoms with E-state index in [1.165, 1.54) is 0 Å².